The predicted molar refractivity (Wildman–Crippen MR) is 133 cm³/mol. The van der Waals surface area contributed by atoms with Gasteiger partial charge in [-0.25, -0.2) is 4.98 Å². The van der Waals surface area contributed by atoms with Crippen molar-refractivity contribution < 1.29 is 9.53 Å². The van der Waals surface area contributed by atoms with Crippen molar-refractivity contribution in [3.63, 3.8) is 0 Å². The van der Waals surface area contributed by atoms with Crippen LogP contribution in [0.3, 0.4) is 0 Å². The highest BCUT2D eigenvalue weighted by Crippen LogP contribution is 2.18. The van der Waals surface area contributed by atoms with Gasteiger partial charge in [0.2, 0.25) is 0 Å². The number of benzene rings is 3. The van der Waals surface area contributed by atoms with Crippen LogP contribution >= 0.6 is 11.6 Å². The molecule has 0 aliphatic rings. The Hall–Kier alpha value is -3.31. The van der Waals surface area contributed by atoms with Crippen LogP contribution in [0.15, 0.2) is 72.8 Å². The third-order valence-corrected chi connectivity index (χ3v) is 5.79. The first-order valence-electron chi connectivity index (χ1n) is 11.3. The summed E-state index contributed by atoms with van der Waals surface area (Å²) in [5, 5.41) is 3.72. The summed E-state index contributed by atoms with van der Waals surface area (Å²) in [6, 6.07) is 23.2. The second-order valence-corrected chi connectivity index (χ2v) is 8.49. The van der Waals surface area contributed by atoms with Gasteiger partial charge in [0.15, 0.2) is 0 Å². The molecular weight excluding hydrogens is 434 g/mol. The molecule has 4 aromatic rings. The average Bonchev–Trinajstić information content (AvgIpc) is 3.18. The van der Waals surface area contributed by atoms with Crippen LogP contribution in [0.25, 0.3) is 11.0 Å². The minimum absolute atomic E-state index is 0.0583. The molecule has 33 heavy (non-hydrogen) atoms. The summed E-state index contributed by atoms with van der Waals surface area (Å²) >= 11 is 5.92. The van der Waals surface area contributed by atoms with Crippen molar-refractivity contribution in [2.75, 3.05) is 13.2 Å². The van der Waals surface area contributed by atoms with E-state index in [0.29, 0.717) is 30.2 Å². The number of nitrogens with zero attached hydrogens (tertiary/aromatic N) is 2. The second-order valence-electron chi connectivity index (χ2n) is 8.05. The molecule has 5 nitrogen and oxygen atoms in total. The highest BCUT2D eigenvalue weighted by Gasteiger charge is 2.11. The van der Waals surface area contributed by atoms with E-state index in [1.165, 1.54) is 0 Å². The first-order chi connectivity index (χ1) is 16.1. The van der Waals surface area contributed by atoms with Crippen LogP contribution in [0.2, 0.25) is 5.02 Å². The van der Waals surface area contributed by atoms with Crippen LogP contribution < -0.4 is 10.1 Å². The lowest BCUT2D eigenvalue weighted by Gasteiger charge is -2.11. The van der Waals surface area contributed by atoms with E-state index in [1.54, 1.807) is 0 Å². The predicted octanol–water partition coefficient (Wildman–Crippen LogP) is 5.83. The Labute approximate surface area is 199 Å². The van der Waals surface area contributed by atoms with Crippen LogP contribution in [0, 0.1) is 6.92 Å². The minimum atomic E-state index is -0.0583. The zero-order chi connectivity index (χ0) is 23.0. The number of nitrogens with one attached hydrogen (secondary N) is 1. The van der Waals surface area contributed by atoms with Crippen LogP contribution in [-0.4, -0.2) is 28.6 Å². The van der Waals surface area contributed by atoms with E-state index in [9.17, 15) is 4.79 Å². The third-order valence-electron chi connectivity index (χ3n) is 5.54. The Balaban J connectivity index is 1.32. The number of rotatable bonds is 10. The Kier molecular flexibility index (Phi) is 7.63. The minimum Gasteiger partial charge on any atom is -0.494 e. The summed E-state index contributed by atoms with van der Waals surface area (Å²) < 4.78 is 8.07. The Morgan fingerprint density at radius 2 is 1.76 bits per heavy atom. The van der Waals surface area contributed by atoms with Crippen molar-refractivity contribution in [2.24, 2.45) is 0 Å². The van der Waals surface area contributed by atoms with E-state index in [1.807, 2.05) is 73.7 Å². The number of aromatic nitrogens is 2. The number of hydrogen-bond donors (Lipinski definition) is 1. The van der Waals surface area contributed by atoms with Gasteiger partial charge >= 0.3 is 0 Å². The quantitative estimate of drug-likeness (QED) is 0.302. The number of imidazole rings is 1. The third kappa shape index (κ3) is 6.14. The summed E-state index contributed by atoms with van der Waals surface area (Å²) in [5.41, 5.74) is 3.92. The van der Waals surface area contributed by atoms with Gasteiger partial charge in [0.25, 0.3) is 5.91 Å². The Morgan fingerprint density at radius 1 is 1.00 bits per heavy atom. The topological polar surface area (TPSA) is 56.2 Å². The molecule has 0 saturated heterocycles. The normalized spacial score (nSPS) is 11.0. The van der Waals surface area contributed by atoms with E-state index in [-0.39, 0.29) is 5.91 Å². The number of aryl methyl sites for hydroxylation is 2. The molecule has 0 aliphatic carbocycles. The summed E-state index contributed by atoms with van der Waals surface area (Å²) in [7, 11) is 0. The fourth-order valence-electron chi connectivity index (χ4n) is 3.75. The summed E-state index contributed by atoms with van der Waals surface area (Å²) in [6.07, 6.45) is 2.57. The van der Waals surface area contributed by atoms with E-state index < -0.39 is 0 Å². The van der Waals surface area contributed by atoms with Crippen LogP contribution in [-0.2, 0) is 13.0 Å². The lowest BCUT2D eigenvalue weighted by molar-refractivity contribution is 0.0954. The number of fused-ring (bicyclic) bond motifs is 1. The molecule has 0 fully saturated rings. The van der Waals surface area contributed by atoms with Gasteiger partial charge in [0.1, 0.15) is 11.6 Å². The van der Waals surface area contributed by atoms with Gasteiger partial charge < -0.3 is 14.6 Å². The number of amides is 1. The summed E-state index contributed by atoms with van der Waals surface area (Å²) in [5.74, 6) is 1.76. The maximum atomic E-state index is 12.4. The first kappa shape index (κ1) is 22.9. The molecule has 4 rings (SSSR count). The number of ether oxygens (including phenoxy) is 1. The lowest BCUT2D eigenvalue weighted by atomic mass is 10.1. The number of para-hydroxylation sites is 2. The second kappa shape index (κ2) is 11.0. The average molecular weight is 462 g/mol. The van der Waals surface area contributed by atoms with E-state index in [0.717, 1.165) is 47.6 Å². The van der Waals surface area contributed by atoms with Crippen molar-refractivity contribution in [1.82, 2.24) is 14.9 Å². The smallest absolute Gasteiger partial charge is 0.251 e. The molecule has 170 valence electrons. The van der Waals surface area contributed by atoms with Gasteiger partial charge in [0.05, 0.1) is 17.6 Å². The van der Waals surface area contributed by atoms with Crippen molar-refractivity contribution in [1.29, 1.82) is 0 Å². The standard InChI is InChI=1S/C27H28ClN3O2/c1-20-8-10-21(11-9-20)27(32)29-17-16-26-30-24-6-2-3-7-25(24)31(26)18-4-5-19-33-23-14-12-22(28)13-15-23/h2-3,6-15H,4-5,16-19H2,1H3,(H,29,32). The molecule has 1 aromatic heterocycles. The molecule has 3 aromatic carbocycles. The summed E-state index contributed by atoms with van der Waals surface area (Å²) in [4.78, 5) is 17.2. The van der Waals surface area contributed by atoms with Crippen molar-refractivity contribution in [3.05, 3.63) is 94.8 Å². The van der Waals surface area contributed by atoms with Gasteiger partial charge in [-0.15, -0.1) is 0 Å². The fraction of sp³-hybridized carbons (Fsp3) is 0.259. The van der Waals surface area contributed by atoms with Crippen LogP contribution in [0.1, 0.15) is 34.6 Å². The van der Waals surface area contributed by atoms with E-state index >= 15 is 0 Å². The molecule has 1 amide bonds. The molecule has 0 radical (unpaired) electrons. The summed E-state index contributed by atoms with van der Waals surface area (Å²) in [6.45, 7) is 4.05. The van der Waals surface area contributed by atoms with Crippen molar-refractivity contribution in [2.45, 2.75) is 32.7 Å². The highest BCUT2D eigenvalue weighted by atomic mass is 35.5. The molecule has 1 N–H and O–H groups in total. The maximum absolute atomic E-state index is 12.4. The fourth-order valence-corrected chi connectivity index (χ4v) is 3.88. The number of unbranched alkanes of at least 4 members (excludes halogenated alkanes) is 1. The van der Waals surface area contributed by atoms with Crippen molar-refractivity contribution >= 4 is 28.5 Å². The molecule has 0 unspecified atom stereocenters. The van der Waals surface area contributed by atoms with Crippen LogP contribution in [0.4, 0.5) is 0 Å². The molecule has 1 heterocycles. The zero-order valence-corrected chi connectivity index (χ0v) is 19.5. The molecular formula is C27H28ClN3O2. The first-order valence-corrected chi connectivity index (χ1v) is 11.7. The van der Waals surface area contributed by atoms with Gasteiger partial charge in [-0.1, -0.05) is 41.4 Å². The van der Waals surface area contributed by atoms with Gasteiger partial charge in [0, 0.05) is 30.1 Å². The molecule has 0 bridgehead atoms. The van der Waals surface area contributed by atoms with E-state index in [4.69, 9.17) is 21.3 Å². The van der Waals surface area contributed by atoms with Gasteiger partial charge in [-0.3, -0.25) is 4.79 Å². The van der Waals surface area contributed by atoms with Crippen molar-refractivity contribution in [3.8, 4) is 5.75 Å². The number of carbonyl (C=O) groups is 1. The Bertz CT molecular complexity index is 1200. The largest absolute Gasteiger partial charge is 0.494 e. The number of hydrogen-bond acceptors (Lipinski definition) is 3. The lowest BCUT2D eigenvalue weighted by Crippen LogP contribution is -2.26. The zero-order valence-electron chi connectivity index (χ0n) is 18.8. The highest BCUT2D eigenvalue weighted by molar-refractivity contribution is 6.30. The molecule has 6 heteroatoms. The number of carbonyl (C=O) groups excluding carboxylic acids is 1. The Morgan fingerprint density at radius 3 is 2.55 bits per heavy atom. The van der Waals surface area contributed by atoms with Gasteiger partial charge in [-0.05, 0) is 68.3 Å². The molecule has 0 saturated carbocycles. The van der Waals surface area contributed by atoms with E-state index in [2.05, 4.69) is 16.0 Å². The SMILES string of the molecule is Cc1ccc(C(=O)NCCc2nc3ccccc3n2CCCCOc2ccc(Cl)cc2)cc1. The molecule has 0 spiro atoms. The monoisotopic (exact) mass is 461 g/mol. The van der Waals surface area contributed by atoms with Crippen LogP contribution in [0.5, 0.6) is 5.75 Å². The van der Waals surface area contributed by atoms with Gasteiger partial charge in [-0.2, -0.15) is 0 Å². The molecule has 0 aliphatic heterocycles. The molecule has 0 atom stereocenters. The maximum Gasteiger partial charge on any atom is 0.251 e. The number of halogens is 1.